The minimum atomic E-state index is -0.390. The SMILES string of the molecule is CNc1ccc(C)c2c1C(=O)c1c(C)ccc(Nc3ccc(NC)c4c3C(=O)c3c(NC)ccc(N)c3C4=O)c1C2=O. The second-order valence-corrected chi connectivity index (χ2v) is 10.4. The molecule has 4 aromatic rings. The summed E-state index contributed by atoms with van der Waals surface area (Å²) in [5.74, 6) is -1.32. The maximum absolute atomic E-state index is 14.2. The average Bonchev–Trinajstić information content (AvgIpc) is 2.98. The molecule has 42 heavy (non-hydrogen) atoms. The molecule has 9 nitrogen and oxygen atoms in total. The van der Waals surface area contributed by atoms with Gasteiger partial charge in [0.25, 0.3) is 0 Å². The average molecular weight is 560 g/mol. The number of carbonyl (C=O) groups excluding carboxylic acids is 4. The number of benzene rings is 4. The van der Waals surface area contributed by atoms with Gasteiger partial charge in [0.2, 0.25) is 0 Å². The lowest BCUT2D eigenvalue weighted by atomic mass is 9.78. The van der Waals surface area contributed by atoms with Crippen LogP contribution in [-0.4, -0.2) is 44.3 Å². The fraction of sp³-hybridized carbons (Fsp3) is 0.152. The first-order valence-corrected chi connectivity index (χ1v) is 13.5. The van der Waals surface area contributed by atoms with Crippen molar-refractivity contribution in [2.75, 3.05) is 48.1 Å². The fourth-order valence-electron chi connectivity index (χ4n) is 6.12. The van der Waals surface area contributed by atoms with Gasteiger partial charge in [-0.15, -0.1) is 0 Å². The smallest absolute Gasteiger partial charge is 0.198 e. The highest BCUT2D eigenvalue weighted by molar-refractivity contribution is 6.36. The lowest BCUT2D eigenvalue weighted by molar-refractivity contribution is 0.0979. The second kappa shape index (κ2) is 9.59. The van der Waals surface area contributed by atoms with Gasteiger partial charge in [0, 0.05) is 55.0 Å². The summed E-state index contributed by atoms with van der Waals surface area (Å²) in [4.78, 5) is 56.1. The topological polar surface area (TPSA) is 142 Å². The van der Waals surface area contributed by atoms with Crippen molar-refractivity contribution in [1.29, 1.82) is 0 Å². The number of hydrogen-bond donors (Lipinski definition) is 5. The molecule has 0 atom stereocenters. The molecule has 0 spiro atoms. The van der Waals surface area contributed by atoms with Crippen molar-refractivity contribution in [2.24, 2.45) is 0 Å². The van der Waals surface area contributed by atoms with Crippen LogP contribution in [0.3, 0.4) is 0 Å². The molecule has 4 aromatic carbocycles. The Bertz CT molecular complexity index is 1920. The summed E-state index contributed by atoms with van der Waals surface area (Å²) in [7, 11) is 5.05. The molecule has 0 saturated carbocycles. The van der Waals surface area contributed by atoms with Gasteiger partial charge in [0.05, 0.1) is 44.8 Å². The van der Waals surface area contributed by atoms with E-state index in [-0.39, 0.29) is 56.6 Å². The third-order valence-corrected chi connectivity index (χ3v) is 8.16. The largest absolute Gasteiger partial charge is 0.398 e. The summed E-state index contributed by atoms with van der Waals surface area (Å²) < 4.78 is 0. The predicted molar refractivity (Wildman–Crippen MR) is 165 cm³/mol. The zero-order valence-electron chi connectivity index (χ0n) is 23.8. The molecular weight excluding hydrogens is 530 g/mol. The van der Waals surface area contributed by atoms with E-state index in [0.717, 1.165) is 0 Å². The number of ketones is 4. The Morgan fingerprint density at radius 3 is 1.26 bits per heavy atom. The molecule has 9 heteroatoms. The molecule has 6 N–H and O–H groups in total. The van der Waals surface area contributed by atoms with Crippen LogP contribution in [0.25, 0.3) is 0 Å². The first kappa shape index (κ1) is 26.8. The van der Waals surface area contributed by atoms with Crippen LogP contribution in [0, 0.1) is 13.8 Å². The van der Waals surface area contributed by atoms with Gasteiger partial charge in [-0.25, -0.2) is 0 Å². The van der Waals surface area contributed by atoms with Crippen LogP contribution < -0.4 is 27.0 Å². The van der Waals surface area contributed by atoms with Gasteiger partial charge in [-0.3, -0.25) is 19.2 Å². The Balaban J connectivity index is 1.57. The molecule has 0 unspecified atom stereocenters. The van der Waals surface area contributed by atoms with Gasteiger partial charge in [0.15, 0.2) is 23.1 Å². The van der Waals surface area contributed by atoms with Crippen molar-refractivity contribution in [3.63, 3.8) is 0 Å². The van der Waals surface area contributed by atoms with E-state index in [1.165, 1.54) is 0 Å². The number of aryl methyl sites for hydroxylation is 2. The summed E-state index contributed by atoms with van der Waals surface area (Å²) in [6.07, 6.45) is 0. The molecule has 2 aliphatic carbocycles. The van der Waals surface area contributed by atoms with E-state index in [0.29, 0.717) is 56.3 Å². The Hall–Kier alpha value is -5.44. The minimum Gasteiger partial charge on any atom is -0.398 e. The van der Waals surface area contributed by atoms with Crippen LogP contribution in [0.1, 0.15) is 74.8 Å². The van der Waals surface area contributed by atoms with E-state index in [1.54, 1.807) is 77.5 Å². The number of anilines is 6. The summed E-state index contributed by atoms with van der Waals surface area (Å²) in [5.41, 5.74) is 11.9. The second-order valence-electron chi connectivity index (χ2n) is 10.4. The highest BCUT2D eigenvalue weighted by atomic mass is 16.1. The third kappa shape index (κ3) is 3.56. The number of nitrogens with two attached hydrogens (primary N) is 1. The number of nitrogen functional groups attached to an aromatic ring is 1. The maximum atomic E-state index is 14.2. The molecule has 0 heterocycles. The molecular formula is C33H29N5O4. The molecule has 0 amide bonds. The van der Waals surface area contributed by atoms with Gasteiger partial charge in [-0.05, 0) is 61.4 Å². The Morgan fingerprint density at radius 2 is 0.738 bits per heavy atom. The molecule has 210 valence electrons. The van der Waals surface area contributed by atoms with Crippen LogP contribution in [0.2, 0.25) is 0 Å². The van der Waals surface area contributed by atoms with E-state index in [1.807, 2.05) is 6.07 Å². The molecule has 2 aliphatic rings. The number of fused-ring (bicyclic) bond motifs is 4. The minimum absolute atomic E-state index is 0.147. The van der Waals surface area contributed by atoms with Crippen LogP contribution in [-0.2, 0) is 0 Å². The number of hydrogen-bond acceptors (Lipinski definition) is 9. The molecule has 0 saturated heterocycles. The molecule has 0 aromatic heterocycles. The summed E-state index contributed by atoms with van der Waals surface area (Å²) >= 11 is 0. The van der Waals surface area contributed by atoms with Crippen LogP contribution in [0.5, 0.6) is 0 Å². The normalized spacial score (nSPS) is 13.2. The van der Waals surface area contributed by atoms with E-state index < -0.39 is 0 Å². The number of nitrogens with one attached hydrogen (secondary N) is 4. The van der Waals surface area contributed by atoms with Crippen molar-refractivity contribution in [1.82, 2.24) is 0 Å². The first-order chi connectivity index (χ1) is 20.1. The summed E-state index contributed by atoms with van der Waals surface area (Å²) in [6, 6.07) is 13.7. The number of carbonyl (C=O) groups is 4. The Labute approximate surface area is 242 Å². The zero-order chi connectivity index (χ0) is 30.0. The summed E-state index contributed by atoms with van der Waals surface area (Å²) in [6.45, 7) is 3.59. The van der Waals surface area contributed by atoms with Gasteiger partial charge in [0.1, 0.15) is 0 Å². The van der Waals surface area contributed by atoms with Gasteiger partial charge < -0.3 is 27.0 Å². The molecule has 0 aliphatic heterocycles. The molecule has 0 bridgehead atoms. The van der Waals surface area contributed by atoms with E-state index in [4.69, 9.17) is 5.73 Å². The van der Waals surface area contributed by atoms with Crippen LogP contribution in [0.15, 0.2) is 48.5 Å². The Kier molecular flexibility index (Phi) is 6.11. The van der Waals surface area contributed by atoms with Gasteiger partial charge in [-0.1, -0.05) is 12.1 Å². The highest BCUT2D eigenvalue weighted by Gasteiger charge is 2.39. The van der Waals surface area contributed by atoms with E-state index in [2.05, 4.69) is 21.3 Å². The zero-order valence-corrected chi connectivity index (χ0v) is 23.8. The van der Waals surface area contributed by atoms with E-state index >= 15 is 0 Å². The lowest BCUT2D eigenvalue weighted by Crippen LogP contribution is -2.27. The van der Waals surface area contributed by atoms with Gasteiger partial charge >= 0.3 is 0 Å². The van der Waals surface area contributed by atoms with Crippen molar-refractivity contribution >= 4 is 57.3 Å². The van der Waals surface area contributed by atoms with Crippen molar-refractivity contribution in [2.45, 2.75) is 13.8 Å². The van der Waals surface area contributed by atoms with Crippen molar-refractivity contribution in [3.05, 3.63) is 104 Å². The van der Waals surface area contributed by atoms with Crippen LogP contribution >= 0.6 is 0 Å². The van der Waals surface area contributed by atoms with Gasteiger partial charge in [-0.2, -0.15) is 0 Å². The quantitative estimate of drug-likeness (QED) is 0.178. The molecule has 0 fully saturated rings. The van der Waals surface area contributed by atoms with Crippen molar-refractivity contribution < 1.29 is 19.2 Å². The summed E-state index contributed by atoms with van der Waals surface area (Å²) in [5, 5.41) is 12.3. The Morgan fingerprint density at radius 1 is 0.429 bits per heavy atom. The predicted octanol–water partition coefficient (Wildman–Crippen LogP) is 5.31. The maximum Gasteiger partial charge on any atom is 0.198 e. The monoisotopic (exact) mass is 559 g/mol. The van der Waals surface area contributed by atoms with Crippen LogP contribution in [0.4, 0.5) is 34.1 Å². The lowest BCUT2D eigenvalue weighted by Gasteiger charge is -2.27. The molecule has 0 radical (unpaired) electrons. The number of rotatable bonds is 5. The third-order valence-electron chi connectivity index (χ3n) is 8.16. The van der Waals surface area contributed by atoms with E-state index in [9.17, 15) is 19.2 Å². The highest BCUT2D eigenvalue weighted by Crippen LogP contribution is 2.43. The fourth-order valence-corrected chi connectivity index (χ4v) is 6.12. The standard InChI is InChI=1S/C33H29N5O4/c1-14-6-9-17(35-3)25-22(14)31(40)28-20(10-7-15(2)23(28)30(25)39)38-21-13-12-19(37-5)27-29(21)33(42)26-18(36-4)11-8-16(34)24(26)32(27)41/h6-13,35-38H,34H2,1-5H3. The van der Waals surface area contributed by atoms with Crippen molar-refractivity contribution in [3.8, 4) is 0 Å². The first-order valence-electron chi connectivity index (χ1n) is 13.5. The molecule has 6 rings (SSSR count).